The van der Waals surface area contributed by atoms with Crippen molar-refractivity contribution in [1.29, 1.82) is 0 Å². The van der Waals surface area contributed by atoms with E-state index in [0.717, 1.165) is 24.0 Å². The minimum atomic E-state index is -0.904. The zero-order chi connectivity index (χ0) is 31.4. The molecule has 2 aliphatic heterocycles. The monoisotopic (exact) mass is 585 g/mol. The molecule has 42 heavy (non-hydrogen) atoms. The van der Waals surface area contributed by atoms with E-state index in [1.54, 1.807) is 12.2 Å². The highest BCUT2D eigenvalue weighted by atomic mass is 16.6. The van der Waals surface area contributed by atoms with E-state index in [0.29, 0.717) is 18.8 Å². The smallest absolute Gasteiger partial charge is 0.405 e. The van der Waals surface area contributed by atoms with Crippen LogP contribution in [0.1, 0.15) is 80.6 Å². The third kappa shape index (κ3) is 10.6. The number of amides is 1. The van der Waals surface area contributed by atoms with Gasteiger partial charge in [0.05, 0.1) is 6.10 Å². The molecule has 1 fully saturated rings. The first-order chi connectivity index (χ1) is 19.8. The van der Waals surface area contributed by atoms with Gasteiger partial charge in [-0.2, -0.15) is 0 Å². The van der Waals surface area contributed by atoms with Crippen LogP contribution in [0.4, 0.5) is 4.79 Å². The normalized spacial score (nSPS) is 36.8. The van der Waals surface area contributed by atoms with E-state index >= 15 is 0 Å². The molecular weight excluding hydrogens is 534 g/mol. The van der Waals surface area contributed by atoms with Crippen LogP contribution in [0.5, 0.6) is 0 Å². The number of carbonyl (C=O) groups is 3. The van der Waals surface area contributed by atoms with Gasteiger partial charge in [0.1, 0.15) is 18.3 Å². The first-order valence-corrected chi connectivity index (χ1v) is 15.2. The van der Waals surface area contributed by atoms with Crippen LogP contribution in [0, 0.1) is 29.6 Å². The van der Waals surface area contributed by atoms with Crippen LogP contribution in [0.15, 0.2) is 59.8 Å². The lowest BCUT2D eigenvalue weighted by molar-refractivity contribution is -0.162. The number of hydrogen-bond donors (Lipinski definition) is 2. The Labute approximate surface area is 251 Å². The van der Waals surface area contributed by atoms with Crippen molar-refractivity contribution in [3.8, 4) is 0 Å². The van der Waals surface area contributed by atoms with Gasteiger partial charge < -0.3 is 25.1 Å². The van der Waals surface area contributed by atoms with E-state index in [1.165, 1.54) is 0 Å². The Kier molecular flexibility index (Phi) is 14.3. The molecule has 2 heterocycles. The minimum Gasteiger partial charge on any atom is -0.462 e. The van der Waals surface area contributed by atoms with Crippen molar-refractivity contribution in [3.63, 3.8) is 0 Å². The molecule has 0 saturated carbocycles. The van der Waals surface area contributed by atoms with E-state index in [2.05, 4.69) is 13.0 Å². The van der Waals surface area contributed by atoms with E-state index in [4.69, 9.17) is 19.9 Å². The van der Waals surface area contributed by atoms with E-state index < -0.39 is 30.3 Å². The van der Waals surface area contributed by atoms with Crippen molar-refractivity contribution in [2.24, 2.45) is 35.3 Å². The fraction of sp³-hybridized carbons (Fsp3) is 0.618. The molecule has 2 aliphatic rings. The van der Waals surface area contributed by atoms with Crippen molar-refractivity contribution < 1.29 is 33.7 Å². The molecule has 0 aromatic heterocycles. The van der Waals surface area contributed by atoms with Crippen LogP contribution in [0.25, 0.3) is 0 Å². The Balaban J connectivity index is 2.26. The zero-order valence-corrected chi connectivity index (χ0v) is 26.3. The van der Waals surface area contributed by atoms with Crippen molar-refractivity contribution in [2.45, 2.75) is 105 Å². The van der Waals surface area contributed by atoms with Crippen LogP contribution in [0.3, 0.4) is 0 Å². The second-order valence-corrected chi connectivity index (χ2v) is 11.9. The average Bonchev–Trinajstić information content (AvgIpc) is 2.94. The molecule has 0 bridgehead atoms. The van der Waals surface area contributed by atoms with Crippen LogP contribution in [-0.4, -0.2) is 47.6 Å². The highest BCUT2D eigenvalue weighted by Crippen LogP contribution is 2.32. The fourth-order valence-electron chi connectivity index (χ4n) is 5.66. The molecule has 8 nitrogen and oxygen atoms in total. The van der Waals surface area contributed by atoms with Crippen LogP contribution < -0.4 is 5.73 Å². The Morgan fingerprint density at radius 1 is 1.10 bits per heavy atom. The number of allylic oxidation sites excluding steroid dienone is 6. The maximum atomic E-state index is 12.9. The highest BCUT2D eigenvalue weighted by molar-refractivity contribution is 5.71. The molecular formula is C34H51NO7. The van der Waals surface area contributed by atoms with Crippen LogP contribution in [0.2, 0.25) is 0 Å². The zero-order valence-electron chi connectivity index (χ0n) is 26.3. The standard InChI is InChI=1S/C34H51NO7/c1-8-28-25(6)27(20-31(37)40-28)17-11-9-14-22(3)33-23(4)15-10-12-18-29(41-34(35)39)26(7)32(38)24(5)21(2)16-13-19-30(36)42-33/h9-12,14-16,18,23-29,32-33,38H,8,13,17,19-20H2,1-7H3,(H2,35,39)/b11-9+,15-10-,18-12-,21-16+,22-14+/t23-,24+,25+,26+,27+,28-,29-,32-,33+/m0/s1. The maximum Gasteiger partial charge on any atom is 0.405 e. The molecule has 8 heteroatoms. The molecule has 0 aromatic rings. The van der Waals surface area contributed by atoms with Gasteiger partial charge in [0.25, 0.3) is 0 Å². The maximum absolute atomic E-state index is 12.9. The molecule has 0 spiro atoms. The summed E-state index contributed by atoms with van der Waals surface area (Å²) in [4.78, 5) is 36.4. The molecule has 3 N–H and O–H groups in total. The van der Waals surface area contributed by atoms with Gasteiger partial charge in [0.15, 0.2) is 0 Å². The second-order valence-electron chi connectivity index (χ2n) is 11.9. The lowest BCUT2D eigenvalue weighted by Crippen LogP contribution is -2.37. The summed E-state index contributed by atoms with van der Waals surface area (Å²) in [6, 6.07) is 0. The van der Waals surface area contributed by atoms with Gasteiger partial charge in [-0.25, -0.2) is 4.79 Å². The van der Waals surface area contributed by atoms with Crippen molar-refractivity contribution in [1.82, 2.24) is 0 Å². The molecule has 0 aliphatic carbocycles. The molecule has 234 valence electrons. The number of cyclic esters (lactones) is 2. The van der Waals surface area contributed by atoms with E-state index in [-0.39, 0.29) is 42.2 Å². The Morgan fingerprint density at radius 3 is 2.45 bits per heavy atom. The predicted molar refractivity (Wildman–Crippen MR) is 164 cm³/mol. The third-order valence-corrected chi connectivity index (χ3v) is 8.74. The molecule has 2 rings (SSSR count). The second kappa shape index (κ2) is 17.1. The molecule has 1 amide bonds. The summed E-state index contributed by atoms with van der Waals surface area (Å²) >= 11 is 0. The summed E-state index contributed by atoms with van der Waals surface area (Å²) in [7, 11) is 0. The topological polar surface area (TPSA) is 125 Å². The van der Waals surface area contributed by atoms with Gasteiger partial charge in [0.2, 0.25) is 0 Å². The fourth-order valence-corrected chi connectivity index (χ4v) is 5.66. The number of esters is 2. The SMILES string of the molecule is CC[C@@H]1OC(=O)C[C@@H](C/C=C/C=C(\C)[C@H]2OC(=O)CC/C=C(\C)[C@@H](C)[C@H](O)[C@H](C)[C@@H](OC(N)=O)/C=C\C=C/[C@@H]2C)[C@H]1C. The van der Waals surface area contributed by atoms with Crippen molar-refractivity contribution in [2.75, 3.05) is 0 Å². The van der Waals surface area contributed by atoms with Crippen molar-refractivity contribution >= 4 is 18.0 Å². The summed E-state index contributed by atoms with van der Waals surface area (Å²) < 4.78 is 16.8. The Hall–Kier alpha value is -3.13. The number of primary amides is 1. The van der Waals surface area contributed by atoms with Gasteiger partial charge in [-0.1, -0.05) is 82.7 Å². The molecule has 1 saturated heterocycles. The van der Waals surface area contributed by atoms with Gasteiger partial charge >= 0.3 is 18.0 Å². The Bertz CT molecular complexity index is 1070. The number of rotatable bonds is 6. The number of carbonyl (C=O) groups excluding carboxylic acids is 3. The number of hydrogen-bond acceptors (Lipinski definition) is 7. The Morgan fingerprint density at radius 2 is 1.79 bits per heavy atom. The lowest BCUT2D eigenvalue weighted by Gasteiger charge is -2.34. The van der Waals surface area contributed by atoms with E-state index in [9.17, 15) is 19.5 Å². The lowest BCUT2D eigenvalue weighted by atomic mass is 9.81. The molecule has 9 atom stereocenters. The summed E-state index contributed by atoms with van der Waals surface area (Å²) in [6.45, 7) is 13.7. The summed E-state index contributed by atoms with van der Waals surface area (Å²) in [5.74, 6) is -0.654. The predicted octanol–water partition coefficient (Wildman–Crippen LogP) is 6.35. The molecule has 0 radical (unpaired) electrons. The number of aliphatic hydroxyl groups excluding tert-OH is 1. The van der Waals surface area contributed by atoms with Gasteiger partial charge in [0, 0.05) is 30.6 Å². The van der Waals surface area contributed by atoms with E-state index in [1.807, 2.05) is 71.9 Å². The number of ether oxygens (including phenoxy) is 3. The largest absolute Gasteiger partial charge is 0.462 e. The van der Waals surface area contributed by atoms with Crippen molar-refractivity contribution in [3.05, 3.63) is 59.8 Å². The minimum absolute atomic E-state index is 0.0332. The quantitative estimate of drug-likeness (QED) is 0.161. The summed E-state index contributed by atoms with van der Waals surface area (Å²) in [6.07, 6.45) is 15.0. The van der Waals surface area contributed by atoms with Gasteiger partial charge in [-0.05, 0) is 56.6 Å². The summed E-state index contributed by atoms with van der Waals surface area (Å²) in [5.41, 5.74) is 7.15. The number of nitrogens with two attached hydrogens (primary N) is 1. The van der Waals surface area contributed by atoms with Gasteiger partial charge in [-0.3, -0.25) is 9.59 Å². The third-order valence-electron chi connectivity index (χ3n) is 8.74. The van der Waals surface area contributed by atoms with Gasteiger partial charge in [-0.15, -0.1) is 0 Å². The number of aliphatic hydroxyl groups is 1. The first-order valence-electron chi connectivity index (χ1n) is 15.2. The molecule has 0 aromatic carbocycles. The molecule has 0 unspecified atom stereocenters. The van der Waals surface area contributed by atoms with Crippen LogP contribution >= 0.6 is 0 Å². The van der Waals surface area contributed by atoms with Crippen LogP contribution in [-0.2, 0) is 23.8 Å². The average molecular weight is 586 g/mol. The highest BCUT2D eigenvalue weighted by Gasteiger charge is 2.34. The first kappa shape index (κ1) is 35.1. The summed E-state index contributed by atoms with van der Waals surface area (Å²) in [5, 5.41) is 11.0.